The third-order valence-corrected chi connectivity index (χ3v) is 5.93. The number of pyridine rings is 1. The monoisotopic (exact) mass is 413 g/mol. The Morgan fingerprint density at radius 2 is 1.80 bits per heavy atom. The van der Waals surface area contributed by atoms with Gasteiger partial charge in [-0.2, -0.15) is 0 Å². The highest BCUT2D eigenvalue weighted by Crippen LogP contribution is 2.29. The second-order valence-corrected chi connectivity index (χ2v) is 9.35. The molecule has 162 valence electrons. The van der Waals surface area contributed by atoms with Crippen molar-refractivity contribution in [1.82, 2.24) is 24.4 Å². The summed E-state index contributed by atoms with van der Waals surface area (Å²) < 4.78 is 7.48. The number of hydrogen-bond acceptors (Lipinski definition) is 5. The smallest absolute Gasteiger partial charge is 0.410 e. The van der Waals surface area contributed by atoms with Gasteiger partial charge in [0.15, 0.2) is 5.65 Å². The van der Waals surface area contributed by atoms with Crippen LogP contribution in [0.5, 0.6) is 0 Å². The fourth-order valence-corrected chi connectivity index (χ4v) is 4.42. The number of carbonyl (C=O) groups excluding carboxylic acids is 2. The van der Waals surface area contributed by atoms with Crippen molar-refractivity contribution in [3.8, 4) is 0 Å². The van der Waals surface area contributed by atoms with Crippen molar-refractivity contribution in [2.45, 2.75) is 58.0 Å². The second-order valence-electron chi connectivity index (χ2n) is 9.35. The highest BCUT2D eigenvalue weighted by Gasteiger charge is 2.34. The number of aromatic nitrogens is 3. The minimum absolute atomic E-state index is 0.0300. The average Bonchev–Trinajstić information content (AvgIpc) is 3.16. The van der Waals surface area contributed by atoms with Crippen molar-refractivity contribution in [3.63, 3.8) is 0 Å². The number of amides is 2. The fourth-order valence-electron chi connectivity index (χ4n) is 4.42. The zero-order chi connectivity index (χ0) is 21.3. The van der Waals surface area contributed by atoms with Crippen LogP contribution in [0.2, 0.25) is 0 Å². The summed E-state index contributed by atoms with van der Waals surface area (Å²) in [6.45, 7) is 8.21. The predicted octanol–water partition coefficient (Wildman–Crippen LogP) is 3.08. The molecule has 1 atom stereocenters. The molecule has 0 bridgehead atoms. The predicted molar refractivity (Wildman–Crippen MR) is 112 cm³/mol. The topological polar surface area (TPSA) is 80.0 Å². The van der Waals surface area contributed by atoms with Crippen LogP contribution in [-0.2, 0) is 9.53 Å². The van der Waals surface area contributed by atoms with E-state index in [4.69, 9.17) is 4.74 Å². The maximum Gasteiger partial charge on any atom is 0.410 e. The first-order valence-corrected chi connectivity index (χ1v) is 10.9. The van der Waals surface area contributed by atoms with E-state index in [-0.39, 0.29) is 23.8 Å². The first kappa shape index (κ1) is 20.6. The normalized spacial score (nSPS) is 21.1. The highest BCUT2D eigenvalue weighted by atomic mass is 16.6. The van der Waals surface area contributed by atoms with Gasteiger partial charge in [-0.15, -0.1) is 10.2 Å². The molecule has 0 unspecified atom stereocenters. The summed E-state index contributed by atoms with van der Waals surface area (Å²) in [5.41, 5.74) is 0.337. The standard InChI is InChI=1S/C22H31N5O3/c1-22(2,3)30-21(29)25-13-9-16(10-14-25)20(28)26-11-6-7-17(15-26)19-24-23-18-8-4-5-12-27(18)19/h4-5,8,12,16-17H,6-7,9-11,13-15H2,1-3H3/t17-/m1/s1. The summed E-state index contributed by atoms with van der Waals surface area (Å²) in [5.74, 6) is 1.31. The Hall–Kier alpha value is -2.64. The van der Waals surface area contributed by atoms with Crippen molar-refractivity contribution in [2.75, 3.05) is 26.2 Å². The Morgan fingerprint density at radius 1 is 1.03 bits per heavy atom. The van der Waals surface area contributed by atoms with Crippen molar-refractivity contribution in [1.29, 1.82) is 0 Å². The molecule has 0 radical (unpaired) electrons. The summed E-state index contributed by atoms with van der Waals surface area (Å²) >= 11 is 0. The number of hydrogen-bond donors (Lipinski definition) is 0. The summed E-state index contributed by atoms with van der Waals surface area (Å²) in [4.78, 5) is 29.2. The Kier molecular flexibility index (Phi) is 5.66. The molecular formula is C22H31N5O3. The van der Waals surface area contributed by atoms with Crippen LogP contribution in [0, 0.1) is 5.92 Å². The molecule has 2 aromatic rings. The van der Waals surface area contributed by atoms with E-state index >= 15 is 0 Å². The molecule has 0 aromatic carbocycles. The number of rotatable bonds is 2. The van der Waals surface area contributed by atoms with Gasteiger partial charge in [0, 0.05) is 44.2 Å². The van der Waals surface area contributed by atoms with E-state index in [0.717, 1.165) is 30.9 Å². The third kappa shape index (κ3) is 4.42. The second kappa shape index (κ2) is 8.24. The zero-order valence-corrected chi connectivity index (χ0v) is 18.1. The SMILES string of the molecule is CC(C)(C)OC(=O)N1CCC(C(=O)N2CCC[C@@H](c3nnc4ccccn34)C2)CC1. The van der Waals surface area contributed by atoms with E-state index in [9.17, 15) is 9.59 Å². The van der Waals surface area contributed by atoms with E-state index in [2.05, 4.69) is 10.2 Å². The van der Waals surface area contributed by atoms with Crippen LogP contribution in [0.25, 0.3) is 5.65 Å². The van der Waals surface area contributed by atoms with Gasteiger partial charge in [-0.1, -0.05) is 6.07 Å². The van der Waals surface area contributed by atoms with Gasteiger partial charge in [0.25, 0.3) is 0 Å². The van der Waals surface area contributed by atoms with Crippen LogP contribution in [0.15, 0.2) is 24.4 Å². The van der Waals surface area contributed by atoms with Gasteiger partial charge in [0.1, 0.15) is 11.4 Å². The molecule has 30 heavy (non-hydrogen) atoms. The lowest BCUT2D eigenvalue weighted by molar-refractivity contribution is -0.138. The highest BCUT2D eigenvalue weighted by molar-refractivity contribution is 5.79. The number of piperidine rings is 2. The molecule has 2 amide bonds. The molecule has 2 aliphatic heterocycles. The van der Waals surface area contributed by atoms with E-state index < -0.39 is 5.60 Å². The summed E-state index contributed by atoms with van der Waals surface area (Å²) in [6, 6.07) is 5.87. The largest absolute Gasteiger partial charge is 0.444 e. The van der Waals surface area contributed by atoms with Gasteiger partial charge in [0.2, 0.25) is 5.91 Å². The Morgan fingerprint density at radius 3 is 2.53 bits per heavy atom. The molecular weight excluding hydrogens is 382 g/mol. The van der Waals surface area contributed by atoms with E-state index in [0.29, 0.717) is 32.5 Å². The number of fused-ring (bicyclic) bond motifs is 1. The van der Waals surface area contributed by atoms with Crippen molar-refractivity contribution in [2.24, 2.45) is 5.92 Å². The lowest BCUT2D eigenvalue weighted by Crippen LogP contribution is -2.47. The fraction of sp³-hybridized carbons (Fsp3) is 0.636. The van der Waals surface area contributed by atoms with E-state index in [1.54, 1.807) is 4.90 Å². The maximum absolute atomic E-state index is 13.2. The lowest BCUT2D eigenvalue weighted by Gasteiger charge is -2.37. The Labute approximate surface area is 177 Å². The summed E-state index contributed by atoms with van der Waals surface area (Å²) in [7, 11) is 0. The van der Waals surface area contributed by atoms with Gasteiger partial charge in [-0.3, -0.25) is 9.20 Å². The van der Waals surface area contributed by atoms with Crippen LogP contribution in [-0.4, -0.2) is 68.2 Å². The molecule has 2 fully saturated rings. The van der Waals surface area contributed by atoms with Crippen molar-refractivity contribution < 1.29 is 14.3 Å². The van der Waals surface area contributed by atoms with Crippen LogP contribution < -0.4 is 0 Å². The molecule has 8 heteroatoms. The number of likely N-dealkylation sites (tertiary alicyclic amines) is 2. The first-order chi connectivity index (χ1) is 14.3. The van der Waals surface area contributed by atoms with Gasteiger partial charge in [-0.05, 0) is 58.6 Å². The first-order valence-electron chi connectivity index (χ1n) is 10.9. The lowest BCUT2D eigenvalue weighted by atomic mass is 9.92. The molecule has 8 nitrogen and oxygen atoms in total. The molecule has 0 saturated carbocycles. The Balaban J connectivity index is 1.36. The van der Waals surface area contributed by atoms with Crippen LogP contribution >= 0.6 is 0 Å². The number of ether oxygens (including phenoxy) is 1. The average molecular weight is 414 g/mol. The number of nitrogens with zero attached hydrogens (tertiary/aromatic N) is 5. The van der Waals surface area contributed by atoms with Crippen molar-refractivity contribution in [3.05, 3.63) is 30.2 Å². The maximum atomic E-state index is 13.2. The molecule has 4 rings (SSSR count). The van der Waals surface area contributed by atoms with Gasteiger partial charge in [0.05, 0.1) is 0 Å². The van der Waals surface area contributed by atoms with E-state index in [1.807, 2.05) is 54.5 Å². The molecule has 2 saturated heterocycles. The van der Waals surface area contributed by atoms with Gasteiger partial charge in [-0.25, -0.2) is 4.79 Å². The molecule has 0 spiro atoms. The zero-order valence-electron chi connectivity index (χ0n) is 18.1. The summed E-state index contributed by atoms with van der Waals surface area (Å²) in [5, 5.41) is 8.66. The number of carbonyl (C=O) groups is 2. The molecule has 4 heterocycles. The molecule has 2 aliphatic rings. The van der Waals surface area contributed by atoms with Crippen LogP contribution in [0.4, 0.5) is 4.79 Å². The van der Waals surface area contributed by atoms with E-state index in [1.165, 1.54) is 0 Å². The third-order valence-electron chi connectivity index (χ3n) is 5.93. The van der Waals surface area contributed by atoms with Crippen LogP contribution in [0.1, 0.15) is 58.2 Å². The minimum atomic E-state index is -0.502. The molecule has 0 N–H and O–H groups in total. The van der Waals surface area contributed by atoms with Gasteiger partial charge < -0.3 is 14.5 Å². The minimum Gasteiger partial charge on any atom is -0.444 e. The summed E-state index contributed by atoms with van der Waals surface area (Å²) in [6.07, 6.45) is 5.05. The van der Waals surface area contributed by atoms with Gasteiger partial charge >= 0.3 is 6.09 Å². The Bertz CT molecular complexity index is 911. The molecule has 0 aliphatic carbocycles. The van der Waals surface area contributed by atoms with Crippen LogP contribution in [0.3, 0.4) is 0 Å². The molecule has 2 aromatic heterocycles. The quantitative estimate of drug-likeness (QED) is 0.756. The van der Waals surface area contributed by atoms with Crippen molar-refractivity contribution >= 4 is 17.6 Å².